The van der Waals surface area contributed by atoms with Gasteiger partial charge in [-0.1, -0.05) is 19.9 Å². The molecule has 0 aliphatic heterocycles. The zero-order chi connectivity index (χ0) is 20.4. The standard InChI is InChI=1S/C21H19N5O2S/c1-13(2)8-19(27)25-15-9-14(10-22-11-15)17-5-6-23-21-16(12-24-26(17)21)20(28)18-4-3-7-29-18/h3-7,9-13H,8H2,1-2H3,(H,25,27). The third-order valence-corrected chi connectivity index (χ3v) is 5.17. The summed E-state index contributed by atoms with van der Waals surface area (Å²) >= 11 is 1.39. The molecular weight excluding hydrogens is 386 g/mol. The molecule has 4 aromatic heterocycles. The summed E-state index contributed by atoms with van der Waals surface area (Å²) in [6, 6.07) is 7.26. The molecule has 0 saturated carbocycles. The van der Waals surface area contributed by atoms with Crippen molar-refractivity contribution in [2.45, 2.75) is 20.3 Å². The van der Waals surface area contributed by atoms with Crippen LogP contribution in [0.4, 0.5) is 5.69 Å². The summed E-state index contributed by atoms with van der Waals surface area (Å²) in [6.45, 7) is 3.99. The minimum Gasteiger partial charge on any atom is -0.325 e. The Balaban J connectivity index is 1.69. The van der Waals surface area contributed by atoms with Crippen LogP contribution in [0.25, 0.3) is 16.9 Å². The van der Waals surface area contributed by atoms with Crippen LogP contribution in [0.5, 0.6) is 0 Å². The Labute approximate surface area is 171 Å². The second kappa shape index (κ2) is 7.92. The average molecular weight is 405 g/mol. The lowest BCUT2D eigenvalue weighted by Crippen LogP contribution is -2.14. The zero-order valence-corrected chi connectivity index (χ0v) is 16.8. The molecule has 0 bridgehead atoms. The van der Waals surface area contributed by atoms with E-state index in [1.165, 1.54) is 17.5 Å². The van der Waals surface area contributed by atoms with Gasteiger partial charge in [0.2, 0.25) is 11.7 Å². The maximum atomic E-state index is 12.8. The number of hydrogen-bond acceptors (Lipinski definition) is 6. The molecule has 7 nitrogen and oxygen atoms in total. The summed E-state index contributed by atoms with van der Waals surface area (Å²) < 4.78 is 1.62. The SMILES string of the molecule is CC(C)CC(=O)Nc1cncc(-c2ccnc3c(C(=O)c4cccs4)cnn23)c1. The molecule has 0 aromatic carbocycles. The van der Waals surface area contributed by atoms with E-state index in [9.17, 15) is 9.59 Å². The van der Waals surface area contributed by atoms with Crippen molar-refractivity contribution in [2.75, 3.05) is 5.32 Å². The number of thiophene rings is 1. The summed E-state index contributed by atoms with van der Waals surface area (Å²) in [7, 11) is 0. The second-order valence-corrected chi connectivity index (χ2v) is 7.99. The highest BCUT2D eigenvalue weighted by molar-refractivity contribution is 7.12. The monoisotopic (exact) mass is 405 g/mol. The number of pyridine rings is 1. The Kier molecular flexibility index (Phi) is 5.18. The van der Waals surface area contributed by atoms with Gasteiger partial charge in [-0.25, -0.2) is 9.50 Å². The first-order valence-corrected chi connectivity index (χ1v) is 10.1. The highest BCUT2D eigenvalue weighted by atomic mass is 32.1. The molecular formula is C21H19N5O2S. The third kappa shape index (κ3) is 3.93. The number of ketones is 1. The van der Waals surface area contributed by atoms with Gasteiger partial charge in [-0.3, -0.25) is 14.6 Å². The van der Waals surface area contributed by atoms with E-state index in [1.807, 2.05) is 31.4 Å². The van der Waals surface area contributed by atoms with Crippen molar-refractivity contribution >= 4 is 34.4 Å². The predicted octanol–water partition coefficient (Wildman–Crippen LogP) is 4.07. The van der Waals surface area contributed by atoms with Gasteiger partial charge in [-0.05, 0) is 29.5 Å². The Hall–Kier alpha value is -3.39. The first kappa shape index (κ1) is 18.9. The molecule has 1 N–H and O–H groups in total. The molecule has 146 valence electrons. The van der Waals surface area contributed by atoms with Crippen LogP contribution in [0, 0.1) is 5.92 Å². The number of carbonyl (C=O) groups excluding carboxylic acids is 2. The number of nitrogens with zero attached hydrogens (tertiary/aromatic N) is 4. The van der Waals surface area contributed by atoms with Crippen molar-refractivity contribution in [3.8, 4) is 11.3 Å². The van der Waals surface area contributed by atoms with E-state index in [-0.39, 0.29) is 17.6 Å². The van der Waals surface area contributed by atoms with Gasteiger partial charge >= 0.3 is 0 Å². The number of hydrogen-bond donors (Lipinski definition) is 1. The molecule has 4 aromatic rings. The minimum absolute atomic E-state index is 0.0539. The minimum atomic E-state index is -0.104. The normalized spacial score (nSPS) is 11.1. The summed E-state index contributed by atoms with van der Waals surface area (Å²) in [5.74, 6) is 0.114. The number of aromatic nitrogens is 4. The quantitative estimate of drug-likeness (QED) is 0.489. The number of anilines is 1. The van der Waals surface area contributed by atoms with Gasteiger partial charge in [0.15, 0.2) is 5.65 Å². The van der Waals surface area contributed by atoms with Crippen LogP contribution in [0.1, 0.15) is 35.5 Å². The lowest BCUT2D eigenvalue weighted by Gasteiger charge is -2.09. The van der Waals surface area contributed by atoms with Gasteiger partial charge in [0.05, 0.1) is 34.2 Å². The maximum Gasteiger partial charge on any atom is 0.224 e. The molecule has 29 heavy (non-hydrogen) atoms. The lowest BCUT2D eigenvalue weighted by atomic mass is 10.1. The van der Waals surface area contributed by atoms with Crippen LogP contribution in [0.15, 0.2) is 54.4 Å². The third-order valence-electron chi connectivity index (χ3n) is 4.30. The second-order valence-electron chi connectivity index (χ2n) is 7.04. The Bertz CT molecular complexity index is 1180. The summed E-state index contributed by atoms with van der Waals surface area (Å²) in [4.78, 5) is 34.1. The molecule has 4 rings (SSSR count). The van der Waals surface area contributed by atoms with E-state index in [4.69, 9.17) is 0 Å². The number of amides is 1. The van der Waals surface area contributed by atoms with Crippen molar-refractivity contribution in [3.05, 3.63) is 64.9 Å². The first-order valence-electron chi connectivity index (χ1n) is 9.19. The molecule has 0 fully saturated rings. The van der Waals surface area contributed by atoms with E-state index in [2.05, 4.69) is 20.4 Å². The van der Waals surface area contributed by atoms with Gasteiger partial charge in [0.1, 0.15) is 0 Å². The largest absolute Gasteiger partial charge is 0.325 e. The average Bonchev–Trinajstić information content (AvgIpc) is 3.37. The van der Waals surface area contributed by atoms with Crippen LogP contribution >= 0.6 is 11.3 Å². The van der Waals surface area contributed by atoms with Crippen molar-refractivity contribution in [1.29, 1.82) is 0 Å². The maximum absolute atomic E-state index is 12.8. The fourth-order valence-electron chi connectivity index (χ4n) is 3.04. The molecule has 0 spiro atoms. The van der Waals surface area contributed by atoms with Crippen molar-refractivity contribution in [1.82, 2.24) is 19.6 Å². The highest BCUT2D eigenvalue weighted by Gasteiger charge is 2.18. The van der Waals surface area contributed by atoms with E-state index < -0.39 is 0 Å². The van der Waals surface area contributed by atoms with Crippen LogP contribution in [0.2, 0.25) is 0 Å². The van der Waals surface area contributed by atoms with E-state index in [1.54, 1.807) is 35.2 Å². The number of nitrogens with one attached hydrogen (secondary N) is 1. The summed E-state index contributed by atoms with van der Waals surface area (Å²) in [5.41, 5.74) is 3.03. The fourth-order valence-corrected chi connectivity index (χ4v) is 3.72. The molecule has 4 heterocycles. The predicted molar refractivity (Wildman–Crippen MR) is 112 cm³/mol. The molecule has 0 aliphatic rings. The van der Waals surface area contributed by atoms with E-state index >= 15 is 0 Å². The molecule has 0 radical (unpaired) electrons. The Morgan fingerprint density at radius 3 is 2.83 bits per heavy atom. The van der Waals surface area contributed by atoms with Crippen LogP contribution in [0.3, 0.4) is 0 Å². The molecule has 0 aliphatic carbocycles. The van der Waals surface area contributed by atoms with Crippen molar-refractivity contribution in [2.24, 2.45) is 5.92 Å². The van der Waals surface area contributed by atoms with Gasteiger partial charge in [0.25, 0.3) is 0 Å². The van der Waals surface area contributed by atoms with Gasteiger partial charge < -0.3 is 5.32 Å². The summed E-state index contributed by atoms with van der Waals surface area (Å²) in [6.07, 6.45) is 6.92. The Morgan fingerprint density at radius 1 is 1.21 bits per heavy atom. The van der Waals surface area contributed by atoms with Gasteiger partial charge in [-0.15, -0.1) is 11.3 Å². The molecule has 0 saturated heterocycles. The van der Waals surface area contributed by atoms with Crippen LogP contribution < -0.4 is 5.32 Å². The van der Waals surface area contributed by atoms with E-state index in [0.29, 0.717) is 28.2 Å². The van der Waals surface area contributed by atoms with Crippen LogP contribution in [-0.4, -0.2) is 31.3 Å². The Morgan fingerprint density at radius 2 is 2.07 bits per heavy atom. The molecule has 0 unspecified atom stereocenters. The highest BCUT2D eigenvalue weighted by Crippen LogP contribution is 2.24. The topological polar surface area (TPSA) is 89.2 Å². The van der Waals surface area contributed by atoms with Crippen LogP contribution in [-0.2, 0) is 4.79 Å². The van der Waals surface area contributed by atoms with Gasteiger partial charge in [0, 0.05) is 24.4 Å². The fraction of sp³-hybridized carbons (Fsp3) is 0.190. The first-order chi connectivity index (χ1) is 14.0. The molecule has 8 heteroatoms. The number of rotatable bonds is 6. The molecule has 0 atom stereocenters. The van der Waals surface area contributed by atoms with E-state index in [0.717, 1.165) is 11.3 Å². The number of fused-ring (bicyclic) bond motifs is 1. The zero-order valence-electron chi connectivity index (χ0n) is 16.0. The number of carbonyl (C=O) groups is 2. The van der Waals surface area contributed by atoms with Gasteiger partial charge in [-0.2, -0.15) is 5.10 Å². The summed E-state index contributed by atoms with van der Waals surface area (Å²) in [5, 5.41) is 9.12. The smallest absolute Gasteiger partial charge is 0.224 e. The van der Waals surface area contributed by atoms with Crippen molar-refractivity contribution in [3.63, 3.8) is 0 Å². The molecule has 1 amide bonds. The van der Waals surface area contributed by atoms with Crippen molar-refractivity contribution < 1.29 is 9.59 Å². The lowest BCUT2D eigenvalue weighted by molar-refractivity contribution is -0.116.